The third-order valence-corrected chi connectivity index (χ3v) is 4.18. The molecule has 1 atom stereocenters. The van der Waals surface area contributed by atoms with Crippen molar-refractivity contribution >= 4 is 40.1 Å². The molecule has 0 unspecified atom stereocenters. The number of aromatic nitrogens is 3. The zero-order chi connectivity index (χ0) is 21.5. The molecule has 0 amide bonds. The van der Waals surface area contributed by atoms with Crippen molar-refractivity contribution in [3.05, 3.63) is 56.5 Å². The van der Waals surface area contributed by atoms with E-state index in [4.69, 9.17) is 16.7 Å². The number of aromatic amines is 1. The molecule has 0 aliphatic rings. The number of nitro groups is 1. The molecule has 9 nitrogen and oxygen atoms in total. The Labute approximate surface area is 164 Å². The van der Waals surface area contributed by atoms with Crippen LogP contribution in [0.2, 0.25) is 5.28 Å². The van der Waals surface area contributed by atoms with Gasteiger partial charge in [0, 0.05) is 12.1 Å². The number of nitrogens with one attached hydrogen (secondary N) is 2. The molecule has 0 fully saturated rings. The number of fused-ring (bicyclic) bond motifs is 1. The fourth-order valence-corrected chi connectivity index (χ4v) is 2.82. The Morgan fingerprint density at radius 1 is 1.31 bits per heavy atom. The first-order valence-electron chi connectivity index (χ1n) is 7.88. The van der Waals surface area contributed by atoms with Gasteiger partial charge in [0.15, 0.2) is 5.82 Å². The molecule has 0 bridgehead atoms. The zero-order valence-electron chi connectivity index (χ0n) is 14.4. The number of nitrogens with zero attached hydrogens (tertiary/aromatic N) is 3. The number of non-ortho nitro benzene ring substituents is 1. The number of rotatable bonds is 5. The molecule has 3 aromatic rings. The summed E-state index contributed by atoms with van der Waals surface area (Å²) in [6, 6.07) is 2.57. The van der Waals surface area contributed by atoms with E-state index in [9.17, 15) is 28.1 Å². The maximum absolute atomic E-state index is 13.1. The lowest BCUT2D eigenvalue weighted by atomic mass is 10.0. The average Bonchev–Trinajstić information content (AvgIpc) is 3.05. The van der Waals surface area contributed by atoms with Gasteiger partial charge < -0.3 is 15.4 Å². The number of carboxylic acid groups (broad SMARTS) is 1. The van der Waals surface area contributed by atoms with E-state index in [0.29, 0.717) is 6.07 Å². The third kappa shape index (κ3) is 4.21. The van der Waals surface area contributed by atoms with Gasteiger partial charge in [-0.25, -0.2) is 9.78 Å². The van der Waals surface area contributed by atoms with Crippen molar-refractivity contribution in [3.63, 3.8) is 0 Å². The smallest absolute Gasteiger partial charge is 0.416 e. The monoisotopic (exact) mass is 429 g/mol. The van der Waals surface area contributed by atoms with E-state index < -0.39 is 34.4 Å². The third-order valence-electron chi connectivity index (χ3n) is 4.01. The highest BCUT2D eigenvalue weighted by molar-refractivity contribution is 6.28. The molecule has 0 aliphatic heterocycles. The summed E-state index contributed by atoms with van der Waals surface area (Å²) >= 11 is 5.83. The number of hydrogen-bond acceptors (Lipinski definition) is 6. The quantitative estimate of drug-likeness (QED) is 0.310. The van der Waals surface area contributed by atoms with E-state index in [0.717, 1.165) is 12.1 Å². The summed E-state index contributed by atoms with van der Waals surface area (Å²) in [6.45, 7) is 1.46. The second-order valence-corrected chi connectivity index (χ2v) is 6.36. The first-order valence-corrected chi connectivity index (χ1v) is 8.26. The summed E-state index contributed by atoms with van der Waals surface area (Å²) in [7, 11) is 0. The average molecular weight is 430 g/mol. The normalized spacial score (nSPS) is 12.7. The van der Waals surface area contributed by atoms with Crippen molar-refractivity contribution in [1.29, 1.82) is 0 Å². The van der Waals surface area contributed by atoms with Crippen molar-refractivity contribution in [1.82, 2.24) is 15.0 Å². The summed E-state index contributed by atoms with van der Waals surface area (Å²) in [6.07, 6.45) is -4.78. The molecule has 0 spiro atoms. The van der Waals surface area contributed by atoms with Crippen molar-refractivity contribution in [3.8, 4) is 0 Å². The van der Waals surface area contributed by atoms with E-state index in [1.54, 1.807) is 0 Å². The Bertz CT molecular complexity index is 1130. The van der Waals surface area contributed by atoms with Gasteiger partial charge in [-0.05, 0) is 36.2 Å². The highest BCUT2D eigenvalue weighted by Gasteiger charge is 2.33. The molecule has 3 rings (SSSR count). The molecule has 0 saturated carbocycles. The minimum atomic E-state index is -4.78. The van der Waals surface area contributed by atoms with Crippen LogP contribution in [0.1, 0.15) is 34.6 Å². The summed E-state index contributed by atoms with van der Waals surface area (Å²) in [5, 5.41) is 22.7. The number of carboxylic acids is 1. The summed E-state index contributed by atoms with van der Waals surface area (Å²) in [4.78, 5) is 31.6. The number of benzene rings is 1. The highest BCUT2D eigenvalue weighted by atomic mass is 35.5. The molecule has 3 N–H and O–H groups in total. The SMILES string of the molecule is C[C@@H](Nc1nc(Cl)nc2cc(C(=O)O)[nH]c12)c1cc([N+](=O)[O-])cc(C(F)(F)F)c1. The van der Waals surface area contributed by atoms with Gasteiger partial charge in [0.25, 0.3) is 5.69 Å². The fourth-order valence-electron chi connectivity index (χ4n) is 2.65. The van der Waals surface area contributed by atoms with Gasteiger partial charge in [-0.2, -0.15) is 18.2 Å². The highest BCUT2D eigenvalue weighted by Crippen LogP contribution is 2.35. The van der Waals surface area contributed by atoms with Crippen LogP contribution in [-0.2, 0) is 6.18 Å². The first kappa shape index (κ1) is 20.3. The molecule has 0 radical (unpaired) electrons. The number of halogens is 4. The van der Waals surface area contributed by atoms with Gasteiger partial charge in [0.05, 0.1) is 22.0 Å². The van der Waals surface area contributed by atoms with Crippen LogP contribution in [0, 0.1) is 10.1 Å². The molecule has 13 heteroatoms. The van der Waals surface area contributed by atoms with Gasteiger partial charge in [0.2, 0.25) is 5.28 Å². The Morgan fingerprint density at radius 3 is 2.59 bits per heavy atom. The predicted molar refractivity (Wildman–Crippen MR) is 96.0 cm³/mol. The number of carbonyl (C=O) groups is 1. The van der Waals surface area contributed by atoms with Crippen molar-refractivity contribution < 1.29 is 28.0 Å². The van der Waals surface area contributed by atoms with E-state index in [1.165, 1.54) is 13.0 Å². The van der Waals surface area contributed by atoms with Gasteiger partial charge in [0.1, 0.15) is 11.2 Å². The maximum Gasteiger partial charge on any atom is 0.416 e. The standard InChI is InChI=1S/C16H11ClF3N5O4/c1-6(7-2-8(16(18,19)20)4-9(3-7)25(28)29)21-13-12-10(23-15(17)24-13)5-11(22-12)14(26)27/h2-6,22H,1H3,(H,26,27)(H,21,23,24)/t6-/m1/s1. The summed E-state index contributed by atoms with van der Waals surface area (Å²) in [5.41, 5.74) is -1.77. The Morgan fingerprint density at radius 2 is 2.00 bits per heavy atom. The number of anilines is 1. The lowest BCUT2D eigenvalue weighted by Gasteiger charge is -2.17. The first-order chi connectivity index (χ1) is 13.5. The van der Waals surface area contributed by atoms with Crippen LogP contribution >= 0.6 is 11.6 Å². The van der Waals surface area contributed by atoms with E-state index in [-0.39, 0.29) is 33.4 Å². The predicted octanol–water partition coefficient (Wildman–Crippen LogP) is 4.41. The number of aromatic carboxylic acids is 1. The van der Waals surface area contributed by atoms with Gasteiger partial charge in [-0.1, -0.05) is 0 Å². The number of alkyl halides is 3. The van der Waals surface area contributed by atoms with E-state index in [2.05, 4.69) is 20.3 Å². The van der Waals surface area contributed by atoms with E-state index >= 15 is 0 Å². The van der Waals surface area contributed by atoms with Crippen LogP contribution in [-0.4, -0.2) is 31.0 Å². The van der Waals surface area contributed by atoms with Gasteiger partial charge in [-0.3, -0.25) is 10.1 Å². The molecule has 2 aromatic heterocycles. The maximum atomic E-state index is 13.1. The number of H-pyrrole nitrogens is 1. The zero-order valence-corrected chi connectivity index (χ0v) is 15.2. The van der Waals surface area contributed by atoms with Crippen LogP contribution in [0.5, 0.6) is 0 Å². The molecular weight excluding hydrogens is 419 g/mol. The second-order valence-electron chi connectivity index (χ2n) is 6.02. The number of nitro benzene ring substituents is 1. The van der Waals surface area contributed by atoms with Crippen molar-refractivity contribution in [2.24, 2.45) is 0 Å². The van der Waals surface area contributed by atoms with Crippen LogP contribution in [0.4, 0.5) is 24.7 Å². The second kappa shape index (κ2) is 7.20. The molecule has 0 aliphatic carbocycles. The number of hydrogen-bond donors (Lipinski definition) is 3. The largest absolute Gasteiger partial charge is 0.477 e. The van der Waals surface area contributed by atoms with Crippen molar-refractivity contribution in [2.75, 3.05) is 5.32 Å². The van der Waals surface area contributed by atoms with Gasteiger partial charge in [-0.15, -0.1) is 0 Å². The molecular formula is C16H11ClF3N5O4. The minimum absolute atomic E-state index is 0.0278. The fraction of sp³-hybridized carbons (Fsp3) is 0.188. The summed E-state index contributed by atoms with van der Waals surface area (Å²) < 4.78 is 39.3. The van der Waals surface area contributed by atoms with Crippen LogP contribution < -0.4 is 5.32 Å². The molecule has 2 heterocycles. The Hall–Kier alpha value is -3.41. The van der Waals surface area contributed by atoms with Gasteiger partial charge >= 0.3 is 12.1 Å². The molecule has 1 aromatic carbocycles. The summed E-state index contributed by atoms with van der Waals surface area (Å²) in [5.74, 6) is -1.23. The lowest BCUT2D eigenvalue weighted by molar-refractivity contribution is -0.385. The lowest BCUT2D eigenvalue weighted by Crippen LogP contribution is -2.12. The Balaban J connectivity index is 2.04. The topological polar surface area (TPSA) is 134 Å². The van der Waals surface area contributed by atoms with Crippen LogP contribution in [0.15, 0.2) is 24.3 Å². The molecule has 29 heavy (non-hydrogen) atoms. The van der Waals surface area contributed by atoms with Crippen LogP contribution in [0.25, 0.3) is 11.0 Å². The minimum Gasteiger partial charge on any atom is -0.477 e. The molecule has 152 valence electrons. The van der Waals surface area contributed by atoms with Crippen LogP contribution in [0.3, 0.4) is 0 Å². The molecule has 0 saturated heterocycles. The Kier molecular flexibility index (Phi) is 5.05. The van der Waals surface area contributed by atoms with E-state index in [1.807, 2.05) is 0 Å². The van der Waals surface area contributed by atoms with Crippen molar-refractivity contribution in [2.45, 2.75) is 19.1 Å².